The van der Waals surface area contributed by atoms with Crippen molar-refractivity contribution in [1.29, 1.82) is 0 Å². The molecule has 176 valence electrons. The van der Waals surface area contributed by atoms with Gasteiger partial charge in [-0.2, -0.15) is 0 Å². The minimum absolute atomic E-state index is 1.09. The van der Waals surface area contributed by atoms with Crippen molar-refractivity contribution in [3.8, 4) is 22.3 Å². The van der Waals surface area contributed by atoms with Gasteiger partial charge in [0.2, 0.25) is 0 Å². The standard InChI is InChI=1S/C36H27N/c1-2-8-28-22-31(14-12-25(28)6-1)29-9-5-10-34(24-29)37-33-19-16-26(17-20-33)30-18-21-36-32(23-30)15-13-27-7-3-4-11-35(27)36/h1,3-7,9-24,37H,2,8H2. The Labute approximate surface area is 217 Å². The smallest absolute Gasteiger partial charge is 0.0390 e. The van der Waals surface area contributed by atoms with Gasteiger partial charge in [0, 0.05) is 11.4 Å². The highest BCUT2D eigenvalue weighted by molar-refractivity contribution is 6.08. The van der Waals surface area contributed by atoms with E-state index in [1.807, 2.05) is 0 Å². The van der Waals surface area contributed by atoms with Crippen molar-refractivity contribution in [2.75, 3.05) is 5.32 Å². The minimum atomic E-state index is 1.09. The van der Waals surface area contributed by atoms with Gasteiger partial charge in [-0.1, -0.05) is 103 Å². The second kappa shape index (κ2) is 9.11. The van der Waals surface area contributed by atoms with Gasteiger partial charge >= 0.3 is 0 Å². The van der Waals surface area contributed by atoms with Crippen LogP contribution in [0.25, 0.3) is 49.9 Å². The number of rotatable bonds is 4. The first-order chi connectivity index (χ1) is 18.3. The first-order valence-electron chi connectivity index (χ1n) is 13.0. The van der Waals surface area contributed by atoms with Gasteiger partial charge < -0.3 is 5.32 Å². The molecule has 0 amide bonds. The number of anilines is 2. The molecule has 0 saturated heterocycles. The molecule has 6 aromatic carbocycles. The Morgan fingerprint density at radius 2 is 1.24 bits per heavy atom. The summed E-state index contributed by atoms with van der Waals surface area (Å²) in [5.41, 5.74) is 9.94. The molecule has 1 aliphatic rings. The normalized spacial score (nSPS) is 12.5. The number of allylic oxidation sites excluding steroid dienone is 1. The van der Waals surface area contributed by atoms with Gasteiger partial charge in [-0.3, -0.25) is 0 Å². The molecule has 0 radical (unpaired) electrons. The van der Waals surface area contributed by atoms with E-state index in [1.54, 1.807) is 0 Å². The van der Waals surface area contributed by atoms with Gasteiger partial charge in [-0.15, -0.1) is 0 Å². The van der Waals surface area contributed by atoms with Crippen molar-refractivity contribution < 1.29 is 0 Å². The van der Waals surface area contributed by atoms with Crippen molar-refractivity contribution in [1.82, 2.24) is 0 Å². The van der Waals surface area contributed by atoms with E-state index in [0.717, 1.165) is 24.2 Å². The Bertz CT molecular complexity index is 1790. The summed E-state index contributed by atoms with van der Waals surface area (Å²) in [6.45, 7) is 0. The predicted octanol–water partition coefficient (Wildman–Crippen LogP) is 10.0. The Morgan fingerprint density at radius 1 is 0.486 bits per heavy atom. The van der Waals surface area contributed by atoms with Crippen molar-refractivity contribution >= 4 is 39.0 Å². The van der Waals surface area contributed by atoms with E-state index in [-0.39, 0.29) is 0 Å². The average molecular weight is 474 g/mol. The lowest BCUT2D eigenvalue weighted by Gasteiger charge is -2.13. The molecule has 1 heteroatoms. The second-order valence-electron chi connectivity index (χ2n) is 9.86. The molecule has 0 spiro atoms. The Balaban J connectivity index is 1.13. The van der Waals surface area contributed by atoms with Crippen LogP contribution in [0.4, 0.5) is 11.4 Å². The fourth-order valence-corrected chi connectivity index (χ4v) is 5.50. The van der Waals surface area contributed by atoms with Crippen LogP contribution in [0.5, 0.6) is 0 Å². The molecule has 0 fully saturated rings. The van der Waals surface area contributed by atoms with Gasteiger partial charge in [0.05, 0.1) is 0 Å². The summed E-state index contributed by atoms with van der Waals surface area (Å²) < 4.78 is 0. The van der Waals surface area contributed by atoms with E-state index in [4.69, 9.17) is 0 Å². The minimum Gasteiger partial charge on any atom is -0.356 e. The second-order valence-corrected chi connectivity index (χ2v) is 9.86. The number of aryl methyl sites for hydroxylation is 1. The predicted molar refractivity (Wildman–Crippen MR) is 159 cm³/mol. The number of hydrogen-bond donors (Lipinski definition) is 1. The van der Waals surface area contributed by atoms with Crippen LogP contribution in [0.1, 0.15) is 17.5 Å². The largest absolute Gasteiger partial charge is 0.356 e. The van der Waals surface area contributed by atoms with Crippen LogP contribution in [0.3, 0.4) is 0 Å². The van der Waals surface area contributed by atoms with Gasteiger partial charge in [0.15, 0.2) is 0 Å². The lowest BCUT2D eigenvalue weighted by atomic mass is 9.93. The number of nitrogens with one attached hydrogen (secondary N) is 1. The highest BCUT2D eigenvalue weighted by Gasteiger charge is 2.08. The van der Waals surface area contributed by atoms with Crippen LogP contribution < -0.4 is 5.32 Å². The van der Waals surface area contributed by atoms with Gasteiger partial charge in [0.25, 0.3) is 0 Å². The van der Waals surface area contributed by atoms with Crippen molar-refractivity contribution in [2.45, 2.75) is 12.8 Å². The van der Waals surface area contributed by atoms with Crippen LogP contribution in [0.2, 0.25) is 0 Å². The molecule has 1 aliphatic carbocycles. The highest BCUT2D eigenvalue weighted by atomic mass is 14.9. The third-order valence-electron chi connectivity index (χ3n) is 7.47. The Kier molecular flexibility index (Phi) is 5.33. The van der Waals surface area contributed by atoms with E-state index < -0.39 is 0 Å². The molecule has 0 saturated carbocycles. The maximum atomic E-state index is 3.59. The lowest BCUT2D eigenvalue weighted by Crippen LogP contribution is -1.95. The lowest BCUT2D eigenvalue weighted by molar-refractivity contribution is 0.986. The van der Waals surface area contributed by atoms with Gasteiger partial charge in [-0.05, 0) is 98.1 Å². The molecular formula is C36H27N. The summed E-state index contributed by atoms with van der Waals surface area (Å²) in [6.07, 6.45) is 6.76. The van der Waals surface area contributed by atoms with Crippen LogP contribution in [-0.2, 0) is 6.42 Å². The molecule has 1 nitrogen and oxygen atoms in total. The first kappa shape index (κ1) is 21.6. The van der Waals surface area contributed by atoms with E-state index >= 15 is 0 Å². The number of benzene rings is 6. The third kappa shape index (κ3) is 4.19. The van der Waals surface area contributed by atoms with Crippen molar-refractivity contribution in [3.05, 3.63) is 139 Å². The highest BCUT2D eigenvalue weighted by Crippen LogP contribution is 2.32. The summed E-state index contributed by atoms with van der Waals surface area (Å²) in [6, 6.07) is 44.0. The number of hydrogen-bond acceptors (Lipinski definition) is 1. The average Bonchev–Trinajstić information content (AvgIpc) is 2.97. The van der Waals surface area contributed by atoms with Gasteiger partial charge in [0.1, 0.15) is 0 Å². The quantitative estimate of drug-likeness (QED) is 0.251. The fraction of sp³-hybridized carbons (Fsp3) is 0.0556. The van der Waals surface area contributed by atoms with Crippen LogP contribution >= 0.6 is 0 Å². The number of fused-ring (bicyclic) bond motifs is 4. The molecule has 1 N–H and O–H groups in total. The SMILES string of the molecule is C1=Cc2ccc(-c3cccc(Nc4ccc(-c5ccc6c(ccc7ccccc76)c5)cc4)c3)cc2CC1. The topological polar surface area (TPSA) is 12.0 Å². The van der Waals surface area contributed by atoms with E-state index in [2.05, 4.69) is 139 Å². The van der Waals surface area contributed by atoms with Crippen molar-refractivity contribution in [3.63, 3.8) is 0 Å². The molecule has 0 aliphatic heterocycles. The zero-order chi connectivity index (χ0) is 24.6. The van der Waals surface area contributed by atoms with E-state index in [1.165, 1.54) is 54.9 Å². The monoisotopic (exact) mass is 473 g/mol. The fourth-order valence-electron chi connectivity index (χ4n) is 5.50. The molecule has 0 aromatic heterocycles. The molecule has 0 atom stereocenters. The summed E-state index contributed by atoms with van der Waals surface area (Å²) in [4.78, 5) is 0. The summed E-state index contributed by atoms with van der Waals surface area (Å²) in [7, 11) is 0. The van der Waals surface area contributed by atoms with Crippen LogP contribution in [0.15, 0.2) is 127 Å². The Hall–Kier alpha value is -4.62. The van der Waals surface area contributed by atoms with E-state index in [0.29, 0.717) is 0 Å². The molecule has 37 heavy (non-hydrogen) atoms. The van der Waals surface area contributed by atoms with Crippen molar-refractivity contribution in [2.24, 2.45) is 0 Å². The summed E-state index contributed by atoms with van der Waals surface area (Å²) in [5, 5.41) is 8.76. The molecule has 0 bridgehead atoms. The summed E-state index contributed by atoms with van der Waals surface area (Å²) >= 11 is 0. The van der Waals surface area contributed by atoms with Gasteiger partial charge in [-0.25, -0.2) is 0 Å². The molecule has 0 unspecified atom stereocenters. The molecule has 7 rings (SSSR count). The maximum Gasteiger partial charge on any atom is 0.0390 e. The molecule has 0 heterocycles. The van der Waals surface area contributed by atoms with E-state index in [9.17, 15) is 0 Å². The Morgan fingerprint density at radius 3 is 2.19 bits per heavy atom. The van der Waals surface area contributed by atoms with Crippen LogP contribution in [0, 0.1) is 0 Å². The summed E-state index contributed by atoms with van der Waals surface area (Å²) in [5.74, 6) is 0. The van der Waals surface area contributed by atoms with Crippen LogP contribution in [-0.4, -0.2) is 0 Å². The first-order valence-corrected chi connectivity index (χ1v) is 13.0. The zero-order valence-corrected chi connectivity index (χ0v) is 20.6. The third-order valence-corrected chi connectivity index (χ3v) is 7.47. The zero-order valence-electron chi connectivity index (χ0n) is 20.6. The molecular weight excluding hydrogens is 446 g/mol. The maximum absolute atomic E-state index is 3.59. The molecule has 6 aromatic rings.